The average Bonchev–Trinajstić information content (AvgIpc) is 2.22. The third kappa shape index (κ3) is 3.03. The Morgan fingerprint density at radius 3 is 2.75 bits per heavy atom. The van der Waals surface area contributed by atoms with Crippen molar-refractivity contribution >= 4 is 11.7 Å². The second kappa shape index (κ2) is 5.61. The van der Waals surface area contributed by atoms with E-state index in [1.807, 2.05) is 32.9 Å². The Labute approximate surface area is 96.3 Å². The highest BCUT2D eigenvalue weighted by atomic mass is 16.2. The minimum atomic E-state index is -0.165. The summed E-state index contributed by atoms with van der Waals surface area (Å²) in [6, 6.07) is 3.75. The monoisotopic (exact) mass is 221 g/mol. The fourth-order valence-corrected chi connectivity index (χ4v) is 1.51. The molecule has 1 aromatic heterocycles. The summed E-state index contributed by atoms with van der Waals surface area (Å²) in [4.78, 5) is 16.0. The topological polar surface area (TPSA) is 68.0 Å². The first kappa shape index (κ1) is 12.6. The zero-order valence-corrected chi connectivity index (χ0v) is 10.0. The van der Waals surface area contributed by atoms with Crippen molar-refractivity contribution in [2.75, 3.05) is 11.9 Å². The summed E-state index contributed by atoms with van der Waals surface area (Å²) in [6.07, 6.45) is 1.66. The first-order valence-corrected chi connectivity index (χ1v) is 5.48. The number of nitrogens with one attached hydrogen (secondary N) is 1. The predicted octanol–water partition coefficient (Wildman–Crippen LogP) is 1.56. The number of hydrogen-bond donors (Lipinski definition) is 2. The molecule has 1 heterocycles. The van der Waals surface area contributed by atoms with Gasteiger partial charge in [0.15, 0.2) is 0 Å². The smallest absolute Gasteiger partial charge is 0.230 e. The quantitative estimate of drug-likeness (QED) is 0.810. The van der Waals surface area contributed by atoms with Crippen molar-refractivity contribution in [3.8, 4) is 0 Å². The summed E-state index contributed by atoms with van der Waals surface area (Å²) >= 11 is 0. The molecule has 0 bridgehead atoms. The van der Waals surface area contributed by atoms with Crippen LogP contribution in [0.1, 0.15) is 19.4 Å². The number of amides is 1. The van der Waals surface area contributed by atoms with Crippen molar-refractivity contribution in [3.05, 3.63) is 23.9 Å². The standard InChI is InChI=1S/C12H19N3O/c1-8(2)10(7-13)12(16)15-11-9(3)5-4-6-14-11/h4-6,8,10H,7,13H2,1-3H3,(H,14,15,16). The van der Waals surface area contributed by atoms with E-state index >= 15 is 0 Å². The van der Waals surface area contributed by atoms with Crippen molar-refractivity contribution in [2.24, 2.45) is 17.6 Å². The lowest BCUT2D eigenvalue weighted by Crippen LogP contribution is -2.33. The van der Waals surface area contributed by atoms with Gasteiger partial charge in [0.2, 0.25) is 5.91 Å². The van der Waals surface area contributed by atoms with E-state index in [1.54, 1.807) is 6.20 Å². The molecule has 0 spiro atoms. The molecule has 88 valence electrons. The lowest BCUT2D eigenvalue weighted by Gasteiger charge is -2.18. The number of carbonyl (C=O) groups excluding carboxylic acids is 1. The maximum atomic E-state index is 11.9. The Bertz CT molecular complexity index is 363. The Balaban J connectivity index is 2.74. The SMILES string of the molecule is Cc1cccnc1NC(=O)C(CN)C(C)C. The van der Waals surface area contributed by atoms with E-state index in [1.165, 1.54) is 0 Å². The predicted molar refractivity (Wildman–Crippen MR) is 65.0 cm³/mol. The minimum Gasteiger partial charge on any atom is -0.330 e. The summed E-state index contributed by atoms with van der Waals surface area (Å²) in [5.41, 5.74) is 6.54. The lowest BCUT2D eigenvalue weighted by molar-refractivity contribution is -0.120. The summed E-state index contributed by atoms with van der Waals surface area (Å²) in [5.74, 6) is 0.626. The van der Waals surface area contributed by atoms with Gasteiger partial charge in [-0.15, -0.1) is 0 Å². The third-order valence-corrected chi connectivity index (χ3v) is 2.65. The first-order chi connectivity index (χ1) is 7.56. The van der Waals surface area contributed by atoms with Crippen molar-refractivity contribution in [1.82, 2.24) is 4.98 Å². The molecule has 0 aliphatic rings. The molecule has 0 aliphatic carbocycles. The molecule has 1 unspecified atom stereocenters. The second-order valence-corrected chi connectivity index (χ2v) is 4.24. The van der Waals surface area contributed by atoms with Crippen LogP contribution in [0.15, 0.2) is 18.3 Å². The molecule has 0 fully saturated rings. The number of aryl methyl sites for hydroxylation is 1. The number of aromatic nitrogens is 1. The number of pyridine rings is 1. The van der Waals surface area contributed by atoms with E-state index in [-0.39, 0.29) is 17.7 Å². The Hall–Kier alpha value is -1.42. The molecule has 4 heteroatoms. The van der Waals surface area contributed by atoms with Crippen LogP contribution in [0.3, 0.4) is 0 Å². The van der Waals surface area contributed by atoms with Gasteiger partial charge in [-0.2, -0.15) is 0 Å². The zero-order valence-electron chi connectivity index (χ0n) is 10.0. The largest absolute Gasteiger partial charge is 0.330 e. The maximum Gasteiger partial charge on any atom is 0.230 e. The highest BCUT2D eigenvalue weighted by molar-refractivity contribution is 5.92. The Kier molecular flexibility index (Phi) is 4.43. The van der Waals surface area contributed by atoms with Gasteiger partial charge in [-0.25, -0.2) is 4.98 Å². The average molecular weight is 221 g/mol. The van der Waals surface area contributed by atoms with Crippen LogP contribution < -0.4 is 11.1 Å². The van der Waals surface area contributed by atoms with Gasteiger partial charge in [-0.3, -0.25) is 4.79 Å². The van der Waals surface area contributed by atoms with E-state index in [2.05, 4.69) is 10.3 Å². The van der Waals surface area contributed by atoms with Crippen LogP contribution in [0.5, 0.6) is 0 Å². The van der Waals surface area contributed by atoms with Gasteiger partial charge >= 0.3 is 0 Å². The summed E-state index contributed by atoms with van der Waals surface area (Å²) < 4.78 is 0. The molecule has 1 atom stereocenters. The third-order valence-electron chi connectivity index (χ3n) is 2.65. The van der Waals surface area contributed by atoms with E-state index in [0.29, 0.717) is 12.4 Å². The van der Waals surface area contributed by atoms with E-state index < -0.39 is 0 Å². The van der Waals surface area contributed by atoms with Crippen molar-refractivity contribution in [3.63, 3.8) is 0 Å². The van der Waals surface area contributed by atoms with Crippen molar-refractivity contribution in [2.45, 2.75) is 20.8 Å². The molecule has 4 nitrogen and oxygen atoms in total. The van der Waals surface area contributed by atoms with E-state index in [9.17, 15) is 4.79 Å². The normalized spacial score (nSPS) is 12.6. The van der Waals surface area contributed by atoms with Crippen LogP contribution in [-0.4, -0.2) is 17.4 Å². The number of carbonyl (C=O) groups is 1. The molecule has 0 saturated heterocycles. The molecule has 1 rings (SSSR count). The molecular weight excluding hydrogens is 202 g/mol. The summed E-state index contributed by atoms with van der Waals surface area (Å²) in [5, 5.41) is 2.81. The van der Waals surface area contributed by atoms with E-state index in [0.717, 1.165) is 5.56 Å². The molecular formula is C12H19N3O. The number of nitrogens with zero attached hydrogens (tertiary/aromatic N) is 1. The lowest BCUT2D eigenvalue weighted by atomic mass is 9.95. The maximum absolute atomic E-state index is 11.9. The number of nitrogens with two attached hydrogens (primary N) is 1. The molecule has 0 aliphatic heterocycles. The number of hydrogen-bond acceptors (Lipinski definition) is 3. The van der Waals surface area contributed by atoms with Gasteiger partial charge in [0.05, 0.1) is 5.92 Å². The van der Waals surface area contributed by atoms with Gasteiger partial charge in [-0.1, -0.05) is 19.9 Å². The zero-order chi connectivity index (χ0) is 12.1. The van der Waals surface area contributed by atoms with E-state index in [4.69, 9.17) is 5.73 Å². The highest BCUT2D eigenvalue weighted by Crippen LogP contribution is 2.14. The summed E-state index contributed by atoms with van der Waals surface area (Å²) in [7, 11) is 0. The Morgan fingerprint density at radius 2 is 2.25 bits per heavy atom. The first-order valence-electron chi connectivity index (χ1n) is 5.48. The molecule has 3 N–H and O–H groups in total. The minimum absolute atomic E-state index is 0.0562. The molecule has 1 amide bonds. The van der Waals surface area contributed by atoms with Gasteiger partial charge in [0.25, 0.3) is 0 Å². The molecule has 16 heavy (non-hydrogen) atoms. The van der Waals surface area contributed by atoms with Gasteiger partial charge in [0, 0.05) is 12.7 Å². The highest BCUT2D eigenvalue weighted by Gasteiger charge is 2.21. The molecule has 0 radical (unpaired) electrons. The second-order valence-electron chi connectivity index (χ2n) is 4.24. The number of rotatable bonds is 4. The molecule has 0 saturated carbocycles. The van der Waals surface area contributed by atoms with Gasteiger partial charge in [0.1, 0.15) is 5.82 Å². The van der Waals surface area contributed by atoms with Gasteiger partial charge < -0.3 is 11.1 Å². The fourth-order valence-electron chi connectivity index (χ4n) is 1.51. The van der Waals surface area contributed by atoms with Crippen LogP contribution in [0.4, 0.5) is 5.82 Å². The van der Waals surface area contributed by atoms with Crippen molar-refractivity contribution < 1.29 is 4.79 Å². The summed E-state index contributed by atoms with van der Waals surface area (Å²) in [6.45, 7) is 6.25. The van der Waals surface area contributed by atoms with Crippen LogP contribution >= 0.6 is 0 Å². The van der Waals surface area contributed by atoms with Gasteiger partial charge in [-0.05, 0) is 24.5 Å². The van der Waals surface area contributed by atoms with Crippen LogP contribution in [0, 0.1) is 18.8 Å². The van der Waals surface area contributed by atoms with Crippen molar-refractivity contribution in [1.29, 1.82) is 0 Å². The Morgan fingerprint density at radius 1 is 1.56 bits per heavy atom. The van der Waals surface area contributed by atoms with Crippen LogP contribution in [0.2, 0.25) is 0 Å². The molecule has 0 aromatic carbocycles. The van der Waals surface area contributed by atoms with Crippen LogP contribution in [0.25, 0.3) is 0 Å². The molecule has 1 aromatic rings. The fraction of sp³-hybridized carbons (Fsp3) is 0.500. The van der Waals surface area contributed by atoms with Crippen LogP contribution in [-0.2, 0) is 4.79 Å². The number of anilines is 1.